The van der Waals surface area contributed by atoms with Crippen molar-refractivity contribution < 1.29 is 4.74 Å². The number of hydrogen-bond acceptors (Lipinski definition) is 3. The number of ether oxygens (including phenoxy) is 1. The van der Waals surface area contributed by atoms with Crippen LogP contribution in [0.2, 0.25) is 0 Å². The Balaban J connectivity index is 1.66. The molecule has 1 atom stereocenters. The molecule has 2 saturated heterocycles. The minimum atomic E-state index is 0.210. The molecule has 2 aliphatic heterocycles. The van der Waals surface area contributed by atoms with Crippen molar-refractivity contribution in [3.8, 4) is 0 Å². The van der Waals surface area contributed by atoms with Crippen LogP contribution in [0.1, 0.15) is 24.8 Å². The fourth-order valence-corrected chi connectivity index (χ4v) is 3.42. The van der Waals surface area contributed by atoms with E-state index in [0.717, 1.165) is 24.2 Å². The van der Waals surface area contributed by atoms with Crippen LogP contribution in [0.3, 0.4) is 0 Å². The average Bonchev–Trinajstić information content (AvgIpc) is 3.04. The molecular weight excluding hydrogens is 238 g/mol. The Morgan fingerprint density at radius 2 is 2.32 bits per heavy atom. The summed E-state index contributed by atoms with van der Waals surface area (Å²) in [6, 6.07) is 7.24. The van der Waals surface area contributed by atoms with Crippen LogP contribution in [0.5, 0.6) is 0 Å². The zero-order valence-electron chi connectivity index (χ0n) is 11.0. The Bertz CT molecular complexity index is 582. The lowest BCUT2D eigenvalue weighted by molar-refractivity contribution is -0.0678. The molecule has 0 amide bonds. The van der Waals surface area contributed by atoms with Gasteiger partial charge in [0.15, 0.2) is 0 Å². The highest BCUT2D eigenvalue weighted by Crippen LogP contribution is 2.38. The summed E-state index contributed by atoms with van der Waals surface area (Å²) in [5.41, 5.74) is 3.77. The highest BCUT2D eigenvalue weighted by molar-refractivity contribution is 5.75. The number of imidazole rings is 1. The lowest BCUT2D eigenvalue weighted by atomic mass is 9.73. The maximum absolute atomic E-state index is 5.54. The van der Waals surface area contributed by atoms with Gasteiger partial charge in [0.05, 0.1) is 30.6 Å². The number of benzene rings is 1. The summed E-state index contributed by atoms with van der Waals surface area (Å²) in [5, 5.41) is 3.61. The third-order valence-electron chi connectivity index (χ3n) is 4.59. The van der Waals surface area contributed by atoms with E-state index >= 15 is 0 Å². The van der Waals surface area contributed by atoms with Gasteiger partial charge < -0.3 is 15.0 Å². The molecule has 0 radical (unpaired) electrons. The minimum Gasteiger partial charge on any atom is -0.379 e. The standard InChI is InChI=1S/C15H19N3O/c1-2-12(16-5-1)7-15(8-19-9-15)11-3-4-13-14(6-11)18-10-17-13/h3-4,6,10,12,16H,1-2,5,7-9H2,(H,17,18). The van der Waals surface area contributed by atoms with Crippen LogP contribution >= 0.6 is 0 Å². The van der Waals surface area contributed by atoms with E-state index in [1.54, 1.807) is 6.33 Å². The average molecular weight is 257 g/mol. The van der Waals surface area contributed by atoms with Crippen LogP contribution in [-0.4, -0.2) is 35.8 Å². The molecule has 4 heteroatoms. The Hall–Kier alpha value is -1.39. The summed E-state index contributed by atoms with van der Waals surface area (Å²) in [7, 11) is 0. The van der Waals surface area contributed by atoms with Crippen molar-refractivity contribution in [3.05, 3.63) is 30.1 Å². The van der Waals surface area contributed by atoms with Gasteiger partial charge in [-0.15, -0.1) is 0 Å². The molecule has 2 aromatic rings. The molecule has 100 valence electrons. The topological polar surface area (TPSA) is 49.9 Å². The van der Waals surface area contributed by atoms with E-state index in [2.05, 4.69) is 33.5 Å². The van der Waals surface area contributed by atoms with E-state index in [9.17, 15) is 0 Å². The van der Waals surface area contributed by atoms with Crippen LogP contribution < -0.4 is 5.32 Å². The molecule has 1 aromatic carbocycles. The molecule has 2 N–H and O–H groups in total. The number of H-pyrrole nitrogens is 1. The van der Waals surface area contributed by atoms with Gasteiger partial charge in [0.1, 0.15) is 0 Å². The Kier molecular flexibility index (Phi) is 2.60. The molecule has 4 nitrogen and oxygen atoms in total. The largest absolute Gasteiger partial charge is 0.379 e. The quantitative estimate of drug-likeness (QED) is 0.884. The van der Waals surface area contributed by atoms with Crippen molar-refractivity contribution in [2.45, 2.75) is 30.7 Å². The molecule has 0 aliphatic carbocycles. The zero-order chi connectivity index (χ0) is 12.7. The molecule has 2 aliphatic rings. The van der Waals surface area contributed by atoms with Crippen molar-refractivity contribution in [3.63, 3.8) is 0 Å². The fourth-order valence-electron chi connectivity index (χ4n) is 3.42. The van der Waals surface area contributed by atoms with Crippen LogP contribution in [0.25, 0.3) is 11.0 Å². The number of nitrogens with zero attached hydrogens (tertiary/aromatic N) is 1. The molecule has 0 saturated carbocycles. The third kappa shape index (κ3) is 1.86. The predicted molar refractivity (Wildman–Crippen MR) is 74.2 cm³/mol. The van der Waals surface area contributed by atoms with Crippen molar-refractivity contribution in [2.24, 2.45) is 0 Å². The van der Waals surface area contributed by atoms with Crippen molar-refractivity contribution in [1.29, 1.82) is 0 Å². The fraction of sp³-hybridized carbons (Fsp3) is 0.533. The number of rotatable bonds is 3. The van der Waals surface area contributed by atoms with Gasteiger partial charge in [-0.1, -0.05) is 6.07 Å². The number of aromatic nitrogens is 2. The van der Waals surface area contributed by atoms with Gasteiger partial charge >= 0.3 is 0 Å². The van der Waals surface area contributed by atoms with E-state index in [0.29, 0.717) is 6.04 Å². The van der Waals surface area contributed by atoms with Gasteiger partial charge in [-0.2, -0.15) is 0 Å². The van der Waals surface area contributed by atoms with E-state index in [1.165, 1.54) is 31.4 Å². The number of hydrogen-bond donors (Lipinski definition) is 2. The smallest absolute Gasteiger partial charge is 0.0931 e. The summed E-state index contributed by atoms with van der Waals surface area (Å²) in [6.07, 6.45) is 5.55. The molecule has 1 unspecified atom stereocenters. The lowest BCUT2D eigenvalue weighted by Crippen LogP contribution is -2.50. The van der Waals surface area contributed by atoms with Crippen molar-refractivity contribution in [1.82, 2.24) is 15.3 Å². The number of nitrogens with one attached hydrogen (secondary N) is 2. The second kappa shape index (κ2) is 4.32. The van der Waals surface area contributed by atoms with E-state index in [1.807, 2.05) is 0 Å². The second-order valence-corrected chi connectivity index (χ2v) is 5.90. The normalized spacial score (nSPS) is 25.6. The molecule has 4 rings (SSSR count). The van der Waals surface area contributed by atoms with Crippen LogP contribution in [0.4, 0.5) is 0 Å². The maximum Gasteiger partial charge on any atom is 0.0931 e. The first kappa shape index (κ1) is 11.4. The Morgan fingerprint density at radius 1 is 1.37 bits per heavy atom. The van der Waals surface area contributed by atoms with Gasteiger partial charge in [-0.05, 0) is 43.5 Å². The third-order valence-corrected chi connectivity index (χ3v) is 4.59. The zero-order valence-corrected chi connectivity index (χ0v) is 11.0. The SMILES string of the molecule is c1nc2ccc(C3(CC4CCCN4)COC3)cc2[nH]1. The van der Waals surface area contributed by atoms with E-state index in [-0.39, 0.29) is 5.41 Å². The summed E-state index contributed by atoms with van der Waals surface area (Å²) in [6.45, 7) is 2.87. The minimum absolute atomic E-state index is 0.210. The molecule has 0 bridgehead atoms. The van der Waals surface area contributed by atoms with Gasteiger partial charge in [0.2, 0.25) is 0 Å². The molecular formula is C15H19N3O. The first-order valence-electron chi connectivity index (χ1n) is 7.11. The summed E-state index contributed by atoms with van der Waals surface area (Å²) in [4.78, 5) is 7.50. The molecule has 3 heterocycles. The monoisotopic (exact) mass is 257 g/mol. The van der Waals surface area contributed by atoms with Crippen molar-refractivity contribution >= 4 is 11.0 Å². The molecule has 1 aromatic heterocycles. The maximum atomic E-state index is 5.54. The van der Waals surface area contributed by atoms with Crippen LogP contribution in [0, 0.1) is 0 Å². The Morgan fingerprint density at radius 3 is 3.05 bits per heavy atom. The first-order chi connectivity index (χ1) is 9.36. The Labute approximate surface area is 112 Å². The van der Waals surface area contributed by atoms with Gasteiger partial charge in [-0.3, -0.25) is 0 Å². The molecule has 19 heavy (non-hydrogen) atoms. The summed E-state index contributed by atoms with van der Waals surface area (Å²) in [5.74, 6) is 0. The number of fused-ring (bicyclic) bond motifs is 1. The van der Waals surface area contributed by atoms with Gasteiger partial charge in [0, 0.05) is 11.5 Å². The van der Waals surface area contributed by atoms with Gasteiger partial charge in [0.25, 0.3) is 0 Å². The van der Waals surface area contributed by atoms with Gasteiger partial charge in [-0.25, -0.2) is 4.98 Å². The van der Waals surface area contributed by atoms with E-state index < -0.39 is 0 Å². The van der Waals surface area contributed by atoms with Crippen LogP contribution in [-0.2, 0) is 10.2 Å². The highest BCUT2D eigenvalue weighted by atomic mass is 16.5. The first-order valence-corrected chi connectivity index (χ1v) is 7.11. The molecule has 0 spiro atoms. The number of aromatic amines is 1. The lowest BCUT2D eigenvalue weighted by Gasteiger charge is -2.43. The summed E-state index contributed by atoms with van der Waals surface area (Å²) < 4.78 is 5.54. The predicted octanol–water partition coefficient (Wildman–Crippen LogP) is 1.97. The summed E-state index contributed by atoms with van der Waals surface area (Å²) >= 11 is 0. The van der Waals surface area contributed by atoms with Crippen LogP contribution in [0.15, 0.2) is 24.5 Å². The highest BCUT2D eigenvalue weighted by Gasteiger charge is 2.42. The second-order valence-electron chi connectivity index (χ2n) is 5.90. The molecule has 2 fully saturated rings. The van der Waals surface area contributed by atoms with Crippen molar-refractivity contribution in [2.75, 3.05) is 19.8 Å². The van der Waals surface area contributed by atoms with E-state index in [4.69, 9.17) is 4.74 Å².